The lowest BCUT2D eigenvalue weighted by molar-refractivity contribution is -0.115. The van der Waals surface area contributed by atoms with Crippen molar-refractivity contribution in [3.8, 4) is 0 Å². The highest BCUT2D eigenvalue weighted by atomic mass is 79.9. The Morgan fingerprint density at radius 1 is 1.39 bits per heavy atom. The lowest BCUT2D eigenvalue weighted by atomic mass is 10.2. The largest absolute Gasteiger partial charge is 0.322 e. The van der Waals surface area contributed by atoms with Crippen LogP contribution in [0.5, 0.6) is 0 Å². The zero-order valence-corrected chi connectivity index (χ0v) is 11.6. The molecule has 0 saturated heterocycles. The molecule has 0 bridgehead atoms. The summed E-state index contributed by atoms with van der Waals surface area (Å²) in [6, 6.07) is 5.02. The molecule has 98 valence electrons. The van der Waals surface area contributed by atoms with Crippen molar-refractivity contribution in [3.63, 3.8) is 0 Å². The van der Waals surface area contributed by atoms with Crippen molar-refractivity contribution in [1.82, 2.24) is 5.32 Å². The zero-order chi connectivity index (χ0) is 13.0. The molecule has 0 heterocycles. The Hall–Kier alpha value is -0.940. The standard InChI is InChI=1S/C13H16BrFN2O/c14-9-5-6-12(11(15)7-9)17-13(18)8-16-10-3-1-2-4-10/h5-7,10,16H,1-4,8H2,(H,17,18). The van der Waals surface area contributed by atoms with Crippen LogP contribution in [0.25, 0.3) is 0 Å². The van der Waals surface area contributed by atoms with Gasteiger partial charge in [-0.1, -0.05) is 28.8 Å². The van der Waals surface area contributed by atoms with Gasteiger partial charge in [-0.15, -0.1) is 0 Å². The number of anilines is 1. The van der Waals surface area contributed by atoms with E-state index in [0.29, 0.717) is 10.5 Å². The maximum atomic E-state index is 13.5. The average Bonchev–Trinajstić information content (AvgIpc) is 2.83. The molecular formula is C13H16BrFN2O. The van der Waals surface area contributed by atoms with Crippen molar-refractivity contribution in [2.75, 3.05) is 11.9 Å². The van der Waals surface area contributed by atoms with E-state index in [1.165, 1.54) is 18.9 Å². The van der Waals surface area contributed by atoms with Gasteiger partial charge in [0.25, 0.3) is 0 Å². The number of hydrogen-bond acceptors (Lipinski definition) is 2. The van der Waals surface area contributed by atoms with E-state index in [0.717, 1.165) is 12.8 Å². The van der Waals surface area contributed by atoms with Crippen molar-refractivity contribution < 1.29 is 9.18 Å². The summed E-state index contributed by atoms with van der Waals surface area (Å²) in [4.78, 5) is 11.7. The van der Waals surface area contributed by atoms with Crippen molar-refractivity contribution in [1.29, 1.82) is 0 Å². The molecule has 1 aromatic rings. The second-order valence-electron chi connectivity index (χ2n) is 4.53. The Morgan fingerprint density at radius 3 is 2.78 bits per heavy atom. The molecule has 0 unspecified atom stereocenters. The van der Waals surface area contributed by atoms with Gasteiger partial charge in [-0.2, -0.15) is 0 Å². The minimum Gasteiger partial charge on any atom is -0.322 e. The van der Waals surface area contributed by atoms with E-state index in [-0.39, 0.29) is 18.1 Å². The first-order valence-electron chi connectivity index (χ1n) is 6.13. The first-order chi connectivity index (χ1) is 8.65. The smallest absolute Gasteiger partial charge is 0.238 e. The quantitative estimate of drug-likeness (QED) is 0.896. The average molecular weight is 315 g/mol. The van der Waals surface area contributed by atoms with Gasteiger partial charge in [-0.3, -0.25) is 4.79 Å². The molecule has 1 amide bonds. The van der Waals surface area contributed by atoms with Crippen molar-refractivity contribution >= 4 is 27.5 Å². The summed E-state index contributed by atoms with van der Waals surface area (Å²) in [6.07, 6.45) is 4.70. The Bertz CT molecular complexity index is 433. The summed E-state index contributed by atoms with van der Waals surface area (Å²) in [5.74, 6) is -0.637. The first-order valence-corrected chi connectivity index (χ1v) is 6.93. The second kappa shape index (κ2) is 6.29. The van der Waals surface area contributed by atoms with E-state index in [1.807, 2.05) is 0 Å². The topological polar surface area (TPSA) is 41.1 Å². The number of hydrogen-bond donors (Lipinski definition) is 2. The van der Waals surface area contributed by atoms with Gasteiger partial charge in [0.05, 0.1) is 12.2 Å². The summed E-state index contributed by atoms with van der Waals surface area (Å²) in [6.45, 7) is 0.236. The Kier molecular flexibility index (Phi) is 4.72. The van der Waals surface area contributed by atoms with Gasteiger partial charge in [-0.05, 0) is 31.0 Å². The third kappa shape index (κ3) is 3.78. The van der Waals surface area contributed by atoms with Crippen LogP contribution in [0.15, 0.2) is 22.7 Å². The third-order valence-electron chi connectivity index (χ3n) is 3.11. The molecule has 0 aromatic heterocycles. The van der Waals surface area contributed by atoms with E-state index >= 15 is 0 Å². The van der Waals surface area contributed by atoms with Crippen LogP contribution >= 0.6 is 15.9 Å². The molecule has 1 aliphatic rings. The Morgan fingerprint density at radius 2 is 2.11 bits per heavy atom. The van der Waals surface area contributed by atoms with Crippen LogP contribution in [0, 0.1) is 5.82 Å². The van der Waals surface area contributed by atoms with Gasteiger partial charge in [0.15, 0.2) is 0 Å². The lowest BCUT2D eigenvalue weighted by Gasteiger charge is -2.12. The van der Waals surface area contributed by atoms with Crippen molar-refractivity contribution in [3.05, 3.63) is 28.5 Å². The molecule has 5 heteroatoms. The number of amides is 1. The molecular weight excluding hydrogens is 299 g/mol. The summed E-state index contributed by atoms with van der Waals surface area (Å²) >= 11 is 3.17. The predicted molar refractivity (Wildman–Crippen MR) is 73.0 cm³/mol. The Balaban J connectivity index is 1.82. The maximum absolute atomic E-state index is 13.5. The SMILES string of the molecule is O=C(CNC1CCCC1)Nc1ccc(Br)cc1F. The minimum absolute atomic E-state index is 0.205. The highest BCUT2D eigenvalue weighted by Gasteiger charge is 2.15. The highest BCUT2D eigenvalue weighted by Crippen LogP contribution is 2.19. The minimum atomic E-state index is -0.432. The second-order valence-corrected chi connectivity index (χ2v) is 5.45. The molecule has 1 fully saturated rings. The van der Waals surface area contributed by atoms with Crippen LogP contribution in [0.4, 0.5) is 10.1 Å². The van der Waals surface area contributed by atoms with E-state index in [4.69, 9.17) is 0 Å². The molecule has 18 heavy (non-hydrogen) atoms. The third-order valence-corrected chi connectivity index (χ3v) is 3.60. The van der Waals surface area contributed by atoms with Crippen LogP contribution in [0.3, 0.4) is 0 Å². The van der Waals surface area contributed by atoms with Crippen LogP contribution in [-0.4, -0.2) is 18.5 Å². The molecule has 3 nitrogen and oxygen atoms in total. The number of nitrogens with one attached hydrogen (secondary N) is 2. The first kappa shape index (κ1) is 13.5. The number of halogens is 2. The molecule has 0 aliphatic heterocycles. The Labute approximate surface area is 114 Å². The van der Waals surface area contributed by atoms with E-state index in [9.17, 15) is 9.18 Å². The fourth-order valence-corrected chi connectivity index (χ4v) is 2.49. The molecule has 1 aliphatic carbocycles. The molecule has 1 aromatic carbocycles. The predicted octanol–water partition coefficient (Wildman–Crippen LogP) is 3.06. The molecule has 0 atom stereocenters. The maximum Gasteiger partial charge on any atom is 0.238 e. The number of carbonyl (C=O) groups excluding carboxylic acids is 1. The fraction of sp³-hybridized carbons (Fsp3) is 0.462. The van der Waals surface area contributed by atoms with Gasteiger partial charge >= 0.3 is 0 Å². The van der Waals surface area contributed by atoms with E-state index in [1.54, 1.807) is 12.1 Å². The zero-order valence-electron chi connectivity index (χ0n) is 10.0. The monoisotopic (exact) mass is 314 g/mol. The van der Waals surface area contributed by atoms with Gasteiger partial charge in [-0.25, -0.2) is 4.39 Å². The van der Waals surface area contributed by atoms with Crippen LogP contribution in [-0.2, 0) is 4.79 Å². The van der Waals surface area contributed by atoms with Crippen molar-refractivity contribution in [2.45, 2.75) is 31.7 Å². The molecule has 2 N–H and O–H groups in total. The van der Waals surface area contributed by atoms with Gasteiger partial charge in [0.2, 0.25) is 5.91 Å². The summed E-state index contributed by atoms with van der Waals surface area (Å²) < 4.78 is 14.1. The lowest BCUT2D eigenvalue weighted by Crippen LogP contribution is -2.34. The van der Waals surface area contributed by atoms with Gasteiger partial charge < -0.3 is 10.6 Å². The molecule has 1 saturated carbocycles. The van der Waals surface area contributed by atoms with Crippen LogP contribution in [0.1, 0.15) is 25.7 Å². The molecule has 0 spiro atoms. The fourth-order valence-electron chi connectivity index (χ4n) is 2.15. The summed E-state index contributed by atoms with van der Waals surface area (Å²) in [5.41, 5.74) is 0.219. The summed E-state index contributed by atoms with van der Waals surface area (Å²) in [5, 5.41) is 5.75. The van der Waals surface area contributed by atoms with Crippen molar-refractivity contribution in [2.24, 2.45) is 0 Å². The normalized spacial score (nSPS) is 15.9. The van der Waals surface area contributed by atoms with Gasteiger partial charge in [0, 0.05) is 10.5 Å². The number of rotatable bonds is 4. The van der Waals surface area contributed by atoms with Gasteiger partial charge in [0.1, 0.15) is 5.82 Å². The van der Waals surface area contributed by atoms with E-state index < -0.39 is 5.82 Å². The number of benzene rings is 1. The van der Waals surface area contributed by atoms with Crippen LogP contribution < -0.4 is 10.6 Å². The summed E-state index contributed by atoms with van der Waals surface area (Å²) in [7, 11) is 0. The van der Waals surface area contributed by atoms with Crippen LogP contribution in [0.2, 0.25) is 0 Å². The molecule has 2 rings (SSSR count). The van der Waals surface area contributed by atoms with E-state index in [2.05, 4.69) is 26.6 Å². The number of carbonyl (C=O) groups is 1. The molecule has 0 radical (unpaired) electrons. The highest BCUT2D eigenvalue weighted by molar-refractivity contribution is 9.10.